The molecule has 0 aromatic heterocycles. The second kappa shape index (κ2) is 4.18. The molecule has 0 unspecified atom stereocenters. The van der Waals surface area contributed by atoms with E-state index in [1.54, 1.807) is 18.2 Å². The van der Waals surface area contributed by atoms with Crippen LogP contribution in [0.25, 0.3) is 0 Å². The van der Waals surface area contributed by atoms with E-state index in [1.807, 2.05) is 19.1 Å². The second-order valence-electron chi connectivity index (χ2n) is 5.74. The van der Waals surface area contributed by atoms with Crippen LogP contribution >= 0.6 is 27.5 Å². The number of amides is 2. The molecule has 1 aromatic carbocycles. The summed E-state index contributed by atoms with van der Waals surface area (Å²) in [6.07, 6.45) is 3.47. The number of rotatable bonds is 1. The molecule has 3 aliphatic heterocycles. The summed E-state index contributed by atoms with van der Waals surface area (Å²) in [7, 11) is 0. The number of imide groups is 1. The molecule has 0 radical (unpaired) electrons. The average molecular weight is 369 g/mol. The molecular formula is C15H11BrClNO3. The number of carbonyl (C=O) groups excluding carboxylic acids is 2. The summed E-state index contributed by atoms with van der Waals surface area (Å²) in [5.41, 5.74) is -0.161. The average Bonchev–Trinajstić information content (AvgIpc) is 3.03. The van der Waals surface area contributed by atoms with E-state index in [2.05, 4.69) is 15.9 Å². The predicted octanol–water partition coefficient (Wildman–Crippen LogP) is 2.94. The van der Waals surface area contributed by atoms with Gasteiger partial charge >= 0.3 is 0 Å². The van der Waals surface area contributed by atoms with Gasteiger partial charge in [-0.1, -0.05) is 23.8 Å². The van der Waals surface area contributed by atoms with Crippen molar-refractivity contribution < 1.29 is 14.3 Å². The SMILES string of the molecule is C[C@@]12C=C[C@@H](O1)[C@H]1C(=O)N(c3ccc(Br)c(Cl)c3)C(=O)[C@@H]12. The Kier molecular flexibility index (Phi) is 2.69. The maximum Gasteiger partial charge on any atom is 0.241 e. The zero-order chi connectivity index (χ0) is 14.9. The number of benzene rings is 1. The molecule has 0 spiro atoms. The van der Waals surface area contributed by atoms with Crippen molar-refractivity contribution in [2.24, 2.45) is 11.8 Å². The lowest BCUT2D eigenvalue weighted by Gasteiger charge is -2.24. The van der Waals surface area contributed by atoms with E-state index in [0.717, 1.165) is 4.47 Å². The van der Waals surface area contributed by atoms with E-state index in [4.69, 9.17) is 16.3 Å². The summed E-state index contributed by atoms with van der Waals surface area (Å²) in [6.45, 7) is 1.86. The van der Waals surface area contributed by atoms with Gasteiger partial charge in [0.1, 0.15) is 0 Å². The van der Waals surface area contributed by atoms with Gasteiger partial charge < -0.3 is 4.74 Å². The Morgan fingerprint density at radius 3 is 2.76 bits per heavy atom. The van der Waals surface area contributed by atoms with Crippen LogP contribution in [0.2, 0.25) is 5.02 Å². The van der Waals surface area contributed by atoms with Gasteiger partial charge in [0, 0.05) is 4.47 Å². The van der Waals surface area contributed by atoms with Gasteiger partial charge in [0.25, 0.3) is 0 Å². The van der Waals surface area contributed by atoms with Crippen molar-refractivity contribution in [3.63, 3.8) is 0 Å². The lowest BCUT2D eigenvalue weighted by molar-refractivity contribution is -0.126. The molecule has 0 N–H and O–H groups in total. The summed E-state index contributed by atoms with van der Waals surface area (Å²) >= 11 is 9.38. The monoisotopic (exact) mass is 367 g/mol. The van der Waals surface area contributed by atoms with Crippen molar-refractivity contribution in [3.8, 4) is 0 Å². The molecule has 108 valence electrons. The molecule has 2 saturated heterocycles. The Hall–Kier alpha value is -1.17. The minimum absolute atomic E-state index is 0.207. The number of carbonyl (C=O) groups is 2. The molecule has 1 aromatic rings. The minimum Gasteiger partial charge on any atom is -0.362 e. The maximum atomic E-state index is 12.7. The van der Waals surface area contributed by atoms with E-state index >= 15 is 0 Å². The van der Waals surface area contributed by atoms with Crippen LogP contribution in [0.1, 0.15) is 6.92 Å². The molecule has 3 heterocycles. The quantitative estimate of drug-likeness (QED) is 0.565. The summed E-state index contributed by atoms with van der Waals surface area (Å²) in [5, 5.41) is 0.466. The Bertz CT molecular complexity index is 719. The maximum absolute atomic E-state index is 12.7. The van der Waals surface area contributed by atoms with Crippen molar-refractivity contribution in [2.45, 2.75) is 18.6 Å². The van der Waals surface area contributed by atoms with E-state index in [9.17, 15) is 9.59 Å². The van der Waals surface area contributed by atoms with Crippen LogP contribution in [0.15, 0.2) is 34.8 Å². The zero-order valence-electron chi connectivity index (χ0n) is 11.0. The van der Waals surface area contributed by atoms with Gasteiger partial charge in [-0.15, -0.1) is 0 Å². The van der Waals surface area contributed by atoms with Crippen molar-refractivity contribution in [3.05, 3.63) is 39.8 Å². The van der Waals surface area contributed by atoms with Crippen LogP contribution in [0, 0.1) is 11.8 Å². The fraction of sp³-hybridized carbons (Fsp3) is 0.333. The van der Waals surface area contributed by atoms with Crippen molar-refractivity contribution in [2.75, 3.05) is 4.90 Å². The smallest absolute Gasteiger partial charge is 0.241 e. The van der Waals surface area contributed by atoms with Gasteiger partial charge in [-0.2, -0.15) is 0 Å². The molecule has 4 nitrogen and oxygen atoms in total. The number of nitrogens with zero attached hydrogens (tertiary/aromatic N) is 1. The highest BCUT2D eigenvalue weighted by atomic mass is 79.9. The Morgan fingerprint density at radius 1 is 1.33 bits per heavy atom. The first-order valence-electron chi connectivity index (χ1n) is 6.62. The molecule has 2 fully saturated rings. The lowest BCUT2D eigenvalue weighted by atomic mass is 9.78. The van der Waals surface area contributed by atoms with Crippen molar-refractivity contribution in [1.82, 2.24) is 0 Å². The van der Waals surface area contributed by atoms with Crippen LogP contribution in [-0.2, 0) is 14.3 Å². The minimum atomic E-state index is -0.671. The van der Waals surface area contributed by atoms with Gasteiger partial charge in [0.2, 0.25) is 11.8 Å². The lowest BCUT2D eigenvalue weighted by Crippen LogP contribution is -2.38. The van der Waals surface area contributed by atoms with Gasteiger partial charge in [-0.25, -0.2) is 4.90 Å². The molecule has 21 heavy (non-hydrogen) atoms. The van der Waals surface area contributed by atoms with Gasteiger partial charge in [0.15, 0.2) is 0 Å². The van der Waals surface area contributed by atoms with Crippen LogP contribution < -0.4 is 4.90 Å². The fourth-order valence-electron chi connectivity index (χ4n) is 3.53. The zero-order valence-corrected chi connectivity index (χ0v) is 13.4. The highest BCUT2D eigenvalue weighted by molar-refractivity contribution is 9.10. The first-order chi connectivity index (χ1) is 9.92. The van der Waals surface area contributed by atoms with Crippen molar-refractivity contribution >= 4 is 45.0 Å². The molecular weight excluding hydrogens is 358 g/mol. The number of fused-ring (bicyclic) bond motifs is 5. The largest absolute Gasteiger partial charge is 0.362 e. The predicted molar refractivity (Wildman–Crippen MR) is 81.0 cm³/mol. The van der Waals surface area contributed by atoms with Gasteiger partial charge in [0.05, 0.1) is 34.3 Å². The van der Waals surface area contributed by atoms with E-state index < -0.39 is 17.4 Å². The molecule has 3 aliphatic rings. The van der Waals surface area contributed by atoms with Gasteiger partial charge in [-0.3, -0.25) is 9.59 Å². The van der Waals surface area contributed by atoms with Crippen LogP contribution in [0.3, 0.4) is 0 Å². The number of halogens is 2. The number of anilines is 1. The second-order valence-corrected chi connectivity index (χ2v) is 7.00. The molecule has 4 atom stereocenters. The summed E-state index contributed by atoms with van der Waals surface area (Å²) in [4.78, 5) is 26.6. The van der Waals surface area contributed by atoms with Crippen molar-refractivity contribution in [1.29, 1.82) is 0 Å². The highest BCUT2D eigenvalue weighted by Gasteiger charge is 2.66. The summed E-state index contributed by atoms with van der Waals surface area (Å²) in [6, 6.07) is 5.07. The van der Waals surface area contributed by atoms with E-state index in [0.29, 0.717) is 10.7 Å². The third-order valence-corrected chi connectivity index (χ3v) is 5.72. The van der Waals surface area contributed by atoms with E-state index in [1.165, 1.54) is 4.90 Å². The molecule has 0 saturated carbocycles. The Balaban J connectivity index is 1.78. The third-order valence-electron chi connectivity index (χ3n) is 4.49. The summed E-state index contributed by atoms with van der Waals surface area (Å²) < 4.78 is 6.51. The first-order valence-corrected chi connectivity index (χ1v) is 7.79. The normalized spacial score (nSPS) is 36.7. The Labute approximate surface area is 134 Å². The first kappa shape index (κ1) is 13.5. The molecule has 2 amide bonds. The molecule has 6 heteroatoms. The molecule has 2 bridgehead atoms. The van der Waals surface area contributed by atoms with Crippen LogP contribution in [0.5, 0.6) is 0 Å². The fourth-order valence-corrected chi connectivity index (χ4v) is 3.95. The number of hydrogen-bond donors (Lipinski definition) is 0. The van der Waals surface area contributed by atoms with Crippen LogP contribution in [-0.4, -0.2) is 23.5 Å². The number of ether oxygens (including phenoxy) is 1. The molecule has 4 rings (SSSR count). The topological polar surface area (TPSA) is 46.6 Å². The van der Waals surface area contributed by atoms with Gasteiger partial charge in [-0.05, 0) is 41.1 Å². The third kappa shape index (κ3) is 1.65. The Morgan fingerprint density at radius 2 is 2.10 bits per heavy atom. The molecule has 0 aliphatic carbocycles. The standard InChI is InChI=1S/C15H11BrClNO3/c1-15-5-4-10(21-15)11-12(15)14(20)18(13(11)19)7-2-3-8(16)9(17)6-7/h2-6,10-12H,1H3/t10-,11-,12-,15+/m1/s1. The van der Waals surface area contributed by atoms with E-state index in [-0.39, 0.29) is 17.9 Å². The number of hydrogen-bond acceptors (Lipinski definition) is 3. The van der Waals surface area contributed by atoms with Crippen LogP contribution in [0.4, 0.5) is 5.69 Å². The highest BCUT2D eigenvalue weighted by Crippen LogP contribution is 2.52. The summed E-state index contributed by atoms with van der Waals surface area (Å²) in [5.74, 6) is -1.28.